The zero-order chi connectivity index (χ0) is 19.6. The molecular formula is C19H20N4O4. The van der Waals surface area contributed by atoms with Crippen molar-refractivity contribution in [2.75, 3.05) is 11.9 Å². The maximum atomic E-state index is 12.9. The average Bonchev–Trinajstić information content (AvgIpc) is 3.01. The summed E-state index contributed by atoms with van der Waals surface area (Å²) in [7, 11) is 0. The third-order valence-corrected chi connectivity index (χ3v) is 3.97. The van der Waals surface area contributed by atoms with Crippen molar-refractivity contribution in [1.82, 2.24) is 10.1 Å². The summed E-state index contributed by atoms with van der Waals surface area (Å²) in [6, 6.07) is 8.40. The van der Waals surface area contributed by atoms with Crippen molar-refractivity contribution in [2.45, 2.75) is 26.7 Å². The van der Waals surface area contributed by atoms with Crippen molar-refractivity contribution in [3.05, 3.63) is 47.3 Å². The maximum absolute atomic E-state index is 12.9. The predicted molar refractivity (Wildman–Crippen MR) is 99.7 cm³/mol. The van der Waals surface area contributed by atoms with Crippen LogP contribution < -0.4 is 15.8 Å². The summed E-state index contributed by atoms with van der Waals surface area (Å²) in [6.45, 7) is 5.55. The molecule has 0 fully saturated rings. The molecule has 0 radical (unpaired) electrons. The fourth-order valence-electron chi connectivity index (χ4n) is 2.58. The van der Waals surface area contributed by atoms with Crippen LogP contribution in [0.4, 0.5) is 5.69 Å². The van der Waals surface area contributed by atoms with Gasteiger partial charge >= 0.3 is 0 Å². The minimum absolute atomic E-state index is 0.132. The average molecular weight is 368 g/mol. The van der Waals surface area contributed by atoms with Gasteiger partial charge in [-0.3, -0.25) is 9.59 Å². The van der Waals surface area contributed by atoms with Gasteiger partial charge in [0.2, 0.25) is 0 Å². The fourth-order valence-corrected chi connectivity index (χ4v) is 2.58. The van der Waals surface area contributed by atoms with Crippen molar-refractivity contribution in [2.24, 2.45) is 5.73 Å². The van der Waals surface area contributed by atoms with Crippen LogP contribution in [0.1, 0.15) is 41.5 Å². The summed E-state index contributed by atoms with van der Waals surface area (Å²) in [5.74, 6) is -0.233. The van der Waals surface area contributed by atoms with E-state index >= 15 is 0 Å². The number of primary amides is 1. The fraction of sp³-hybridized carbons (Fsp3) is 0.263. The van der Waals surface area contributed by atoms with Crippen LogP contribution in [0.3, 0.4) is 0 Å². The maximum Gasteiger partial charge on any atom is 0.259 e. The quantitative estimate of drug-likeness (QED) is 0.690. The van der Waals surface area contributed by atoms with Gasteiger partial charge in [0.1, 0.15) is 5.75 Å². The molecule has 0 saturated heterocycles. The van der Waals surface area contributed by atoms with Crippen LogP contribution in [-0.4, -0.2) is 28.6 Å². The van der Waals surface area contributed by atoms with Crippen molar-refractivity contribution < 1.29 is 18.8 Å². The normalized spacial score (nSPS) is 11.0. The first-order valence-electron chi connectivity index (χ1n) is 8.44. The first kappa shape index (κ1) is 18.4. The molecular weight excluding hydrogens is 348 g/mol. The number of nitrogens with one attached hydrogen (secondary N) is 1. The second-order valence-corrected chi connectivity index (χ2v) is 6.43. The Morgan fingerprint density at radius 1 is 1.26 bits per heavy atom. The van der Waals surface area contributed by atoms with Gasteiger partial charge in [0.25, 0.3) is 17.5 Å². The zero-order valence-electron chi connectivity index (χ0n) is 15.3. The van der Waals surface area contributed by atoms with Gasteiger partial charge in [-0.05, 0) is 43.2 Å². The molecule has 3 N–H and O–H groups in total. The van der Waals surface area contributed by atoms with E-state index in [0.29, 0.717) is 33.8 Å². The standard InChI is InChI=1S/C19H20N4O4/c1-10(2)15-8-14(17-11(3)23-27-19(17)22-15)18(25)21-12-4-6-13(7-5-12)26-9-16(20)24/h4-8,10H,9H2,1-3H3,(H2,20,24)(H,21,25). The van der Waals surface area contributed by atoms with Crippen LogP contribution in [0.5, 0.6) is 5.75 Å². The smallest absolute Gasteiger partial charge is 0.259 e. The molecule has 140 valence electrons. The Kier molecular flexibility index (Phi) is 5.07. The summed E-state index contributed by atoms with van der Waals surface area (Å²) < 4.78 is 10.4. The molecule has 0 spiro atoms. The number of fused-ring (bicyclic) bond motifs is 1. The number of aromatic nitrogens is 2. The zero-order valence-corrected chi connectivity index (χ0v) is 15.3. The molecule has 0 aliphatic heterocycles. The number of pyridine rings is 1. The molecule has 2 heterocycles. The van der Waals surface area contributed by atoms with E-state index in [1.54, 1.807) is 37.3 Å². The lowest BCUT2D eigenvalue weighted by Crippen LogP contribution is -2.20. The number of anilines is 1. The van der Waals surface area contributed by atoms with Crippen molar-refractivity contribution in [1.29, 1.82) is 0 Å². The largest absolute Gasteiger partial charge is 0.484 e. The van der Waals surface area contributed by atoms with Gasteiger partial charge in [-0.2, -0.15) is 0 Å². The third kappa shape index (κ3) is 4.05. The number of benzene rings is 1. The van der Waals surface area contributed by atoms with Gasteiger partial charge in [0.15, 0.2) is 6.61 Å². The minimum Gasteiger partial charge on any atom is -0.484 e. The van der Waals surface area contributed by atoms with Crippen molar-refractivity contribution in [3.8, 4) is 5.75 Å². The van der Waals surface area contributed by atoms with Gasteiger partial charge in [-0.25, -0.2) is 4.98 Å². The van der Waals surface area contributed by atoms with Crippen molar-refractivity contribution >= 4 is 28.6 Å². The summed E-state index contributed by atoms with van der Waals surface area (Å²) in [5, 5.41) is 7.36. The molecule has 0 unspecified atom stereocenters. The molecule has 2 amide bonds. The van der Waals surface area contributed by atoms with E-state index in [9.17, 15) is 9.59 Å². The van der Waals surface area contributed by atoms with E-state index in [1.165, 1.54) is 0 Å². The number of carbonyl (C=O) groups excluding carboxylic acids is 2. The Bertz CT molecular complexity index is 993. The Morgan fingerprint density at radius 2 is 1.96 bits per heavy atom. The molecule has 0 aliphatic carbocycles. The molecule has 0 saturated carbocycles. The number of aryl methyl sites for hydroxylation is 1. The van der Waals surface area contributed by atoms with Crippen LogP contribution in [0.25, 0.3) is 11.1 Å². The highest BCUT2D eigenvalue weighted by Crippen LogP contribution is 2.26. The predicted octanol–water partition coefficient (Wildman–Crippen LogP) is 2.77. The second-order valence-electron chi connectivity index (χ2n) is 6.43. The second kappa shape index (κ2) is 7.45. The number of nitrogens with zero attached hydrogens (tertiary/aromatic N) is 2. The lowest BCUT2D eigenvalue weighted by molar-refractivity contribution is -0.119. The number of hydrogen-bond acceptors (Lipinski definition) is 6. The molecule has 8 nitrogen and oxygen atoms in total. The number of ether oxygens (including phenoxy) is 1. The van der Waals surface area contributed by atoms with E-state index in [2.05, 4.69) is 15.5 Å². The van der Waals surface area contributed by atoms with E-state index in [-0.39, 0.29) is 18.4 Å². The Hall–Kier alpha value is -3.42. The van der Waals surface area contributed by atoms with E-state index in [4.69, 9.17) is 15.0 Å². The topological polar surface area (TPSA) is 120 Å². The molecule has 8 heteroatoms. The molecule has 27 heavy (non-hydrogen) atoms. The molecule has 3 rings (SSSR count). The van der Waals surface area contributed by atoms with Gasteiger partial charge < -0.3 is 20.3 Å². The van der Waals surface area contributed by atoms with E-state index in [0.717, 1.165) is 5.69 Å². The van der Waals surface area contributed by atoms with Crippen LogP contribution in [0.2, 0.25) is 0 Å². The molecule has 0 aliphatic rings. The highest BCUT2D eigenvalue weighted by Gasteiger charge is 2.19. The lowest BCUT2D eigenvalue weighted by Gasteiger charge is -2.10. The van der Waals surface area contributed by atoms with Crippen molar-refractivity contribution in [3.63, 3.8) is 0 Å². The van der Waals surface area contributed by atoms with Crippen LogP contribution >= 0.6 is 0 Å². The van der Waals surface area contributed by atoms with Crippen LogP contribution in [0.15, 0.2) is 34.9 Å². The SMILES string of the molecule is Cc1noc2nc(C(C)C)cc(C(=O)Nc3ccc(OCC(N)=O)cc3)c12. The monoisotopic (exact) mass is 368 g/mol. The van der Waals surface area contributed by atoms with Gasteiger partial charge in [-0.15, -0.1) is 0 Å². The minimum atomic E-state index is -0.556. The van der Waals surface area contributed by atoms with Crippen LogP contribution in [0, 0.1) is 6.92 Å². The summed E-state index contributed by atoms with van der Waals surface area (Å²) in [6.07, 6.45) is 0. The van der Waals surface area contributed by atoms with E-state index in [1.807, 2.05) is 13.8 Å². The molecule has 0 atom stereocenters. The van der Waals surface area contributed by atoms with Gasteiger partial charge in [0, 0.05) is 11.4 Å². The number of nitrogens with two attached hydrogens (primary N) is 1. The Morgan fingerprint density at radius 3 is 2.59 bits per heavy atom. The molecule has 1 aromatic carbocycles. The number of rotatable bonds is 6. The Balaban J connectivity index is 1.85. The Labute approximate surface area is 155 Å². The first-order valence-corrected chi connectivity index (χ1v) is 8.44. The molecule has 3 aromatic rings. The van der Waals surface area contributed by atoms with E-state index < -0.39 is 5.91 Å². The number of amides is 2. The summed E-state index contributed by atoms with van der Waals surface area (Å²) in [4.78, 5) is 28.0. The third-order valence-electron chi connectivity index (χ3n) is 3.97. The van der Waals surface area contributed by atoms with Crippen LogP contribution in [-0.2, 0) is 4.79 Å². The summed E-state index contributed by atoms with van der Waals surface area (Å²) in [5.41, 5.74) is 7.78. The van der Waals surface area contributed by atoms with Gasteiger partial charge in [-0.1, -0.05) is 19.0 Å². The summed E-state index contributed by atoms with van der Waals surface area (Å²) >= 11 is 0. The number of carbonyl (C=O) groups is 2. The molecule has 2 aromatic heterocycles. The lowest BCUT2D eigenvalue weighted by atomic mass is 10.0. The highest BCUT2D eigenvalue weighted by atomic mass is 16.5. The number of hydrogen-bond donors (Lipinski definition) is 2. The first-order chi connectivity index (χ1) is 12.8. The molecule has 0 bridgehead atoms. The highest BCUT2D eigenvalue weighted by molar-refractivity contribution is 6.12. The van der Waals surface area contributed by atoms with Gasteiger partial charge in [0.05, 0.1) is 16.6 Å².